The number of benzene rings is 2. The van der Waals surface area contributed by atoms with Crippen molar-refractivity contribution in [3.8, 4) is 0 Å². The molecule has 0 aliphatic heterocycles. The first-order valence-electron chi connectivity index (χ1n) is 7.43. The van der Waals surface area contributed by atoms with E-state index in [-0.39, 0.29) is 0 Å². The van der Waals surface area contributed by atoms with Gasteiger partial charge in [0.05, 0.1) is 0 Å². The van der Waals surface area contributed by atoms with Crippen LogP contribution >= 0.6 is 0 Å². The first-order chi connectivity index (χ1) is 9.92. The molecule has 0 heterocycles. The van der Waals surface area contributed by atoms with Crippen LogP contribution in [-0.2, 0) is 0 Å². The standard InChI is InChI=1S/C18H24OSi2/c1-20(2,3)15-10-16-21(19,17-11-6-4-7-12-17)18-13-8-5-9-14-18/h4-14,16,19H,15H2,1-3H3/b16-10-. The highest BCUT2D eigenvalue weighted by Crippen LogP contribution is 2.11. The zero-order chi connectivity index (χ0) is 15.3. The first-order valence-corrected chi connectivity index (χ1v) is 13.2. The molecule has 2 aromatic carbocycles. The fourth-order valence-corrected chi connectivity index (χ4v) is 5.97. The summed E-state index contributed by atoms with van der Waals surface area (Å²) in [6.45, 7) is 7.05. The van der Waals surface area contributed by atoms with Crippen molar-refractivity contribution in [1.29, 1.82) is 0 Å². The van der Waals surface area contributed by atoms with Crippen molar-refractivity contribution in [2.75, 3.05) is 0 Å². The summed E-state index contributed by atoms with van der Waals surface area (Å²) >= 11 is 0. The van der Waals surface area contributed by atoms with Gasteiger partial charge < -0.3 is 4.80 Å². The quantitative estimate of drug-likeness (QED) is 0.841. The summed E-state index contributed by atoms with van der Waals surface area (Å²) in [5.41, 5.74) is 2.09. The molecule has 0 radical (unpaired) electrons. The predicted molar refractivity (Wildman–Crippen MR) is 97.4 cm³/mol. The summed E-state index contributed by atoms with van der Waals surface area (Å²) in [7, 11) is -3.89. The van der Waals surface area contributed by atoms with Gasteiger partial charge in [-0.1, -0.05) is 92.1 Å². The molecule has 1 N–H and O–H groups in total. The van der Waals surface area contributed by atoms with Crippen LogP contribution in [0.5, 0.6) is 0 Å². The average molecular weight is 313 g/mol. The Labute approximate surface area is 130 Å². The second-order valence-corrected chi connectivity index (χ2v) is 15.2. The third-order valence-electron chi connectivity index (χ3n) is 3.52. The molecule has 1 nitrogen and oxygen atoms in total. The van der Waals surface area contributed by atoms with Crippen molar-refractivity contribution in [3.63, 3.8) is 0 Å². The van der Waals surface area contributed by atoms with Gasteiger partial charge in [0.1, 0.15) is 0 Å². The van der Waals surface area contributed by atoms with E-state index in [4.69, 9.17) is 0 Å². The Kier molecular flexibility index (Phi) is 4.98. The van der Waals surface area contributed by atoms with Crippen LogP contribution in [0.15, 0.2) is 72.4 Å². The summed E-state index contributed by atoms with van der Waals surface area (Å²) in [6, 6.07) is 21.3. The molecule has 110 valence electrons. The topological polar surface area (TPSA) is 20.2 Å². The van der Waals surface area contributed by atoms with Crippen LogP contribution in [-0.4, -0.2) is 21.2 Å². The Hall–Kier alpha value is -1.43. The van der Waals surface area contributed by atoms with Gasteiger partial charge in [0.25, 0.3) is 8.32 Å². The molecule has 0 saturated carbocycles. The molecule has 0 fully saturated rings. The molecular weight excluding hydrogens is 288 g/mol. The minimum Gasteiger partial charge on any atom is -0.421 e. The van der Waals surface area contributed by atoms with Gasteiger partial charge in [-0.2, -0.15) is 0 Å². The van der Waals surface area contributed by atoms with Gasteiger partial charge in [-0.3, -0.25) is 0 Å². The lowest BCUT2D eigenvalue weighted by atomic mass is 10.4. The Morgan fingerprint density at radius 2 is 1.24 bits per heavy atom. The van der Waals surface area contributed by atoms with E-state index in [0.717, 1.165) is 16.4 Å². The molecular formula is C18H24OSi2. The fraction of sp³-hybridized carbons (Fsp3) is 0.222. The summed E-state index contributed by atoms with van der Waals surface area (Å²) in [4.78, 5) is 11.4. The van der Waals surface area contributed by atoms with Crippen LogP contribution in [0.25, 0.3) is 0 Å². The highest BCUT2D eigenvalue weighted by Gasteiger charge is 2.32. The summed E-state index contributed by atoms with van der Waals surface area (Å²) in [5, 5.41) is 2.09. The van der Waals surface area contributed by atoms with E-state index in [2.05, 4.69) is 31.4 Å². The highest BCUT2D eigenvalue weighted by atomic mass is 28.4. The normalized spacial score (nSPS) is 12.8. The molecule has 0 atom stereocenters. The lowest BCUT2D eigenvalue weighted by Gasteiger charge is -2.23. The van der Waals surface area contributed by atoms with Crippen LogP contribution in [0.3, 0.4) is 0 Å². The van der Waals surface area contributed by atoms with Gasteiger partial charge in [0, 0.05) is 8.07 Å². The SMILES string of the molecule is C[Si](C)(C)C/C=C\[Si](O)(c1ccccc1)c1ccccc1. The maximum atomic E-state index is 11.4. The lowest BCUT2D eigenvalue weighted by molar-refractivity contribution is 0.582. The van der Waals surface area contributed by atoms with Crippen molar-refractivity contribution in [2.24, 2.45) is 0 Å². The molecule has 0 unspecified atom stereocenters. The third-order valence-corrected chi connectivity index (χ3v) is 8.12. The van der Waals surface area contributed by atoms with E-state index < -0.39 is 16.4 Å². The third kappa shape index (κ3) is 4.27. The van der Waals surface area contributed by atoms with Crippen molar-refractivity contribution in [3.05, 3.63) is 72.4 Å². The Balaban J connectivity index is 2.41. The number of hydrogen-bond acceptors (Lipinski definition) is 1. The monoisotopic (exact) mass is 312 g/mol. The van der Waals surface area contributed by atoms with E-state index in [1.165, 1.54) is 0 Å². The Bertz CT molecular complexity index is 546. The van der Waals surface area contributed by atoms with E-state index in [9.17, 15) is 4.80 Å². The molecule has 0 aliphatic rings. The van der Waals surface area contributed by atoms with Gasteiger partial charge in [-0.25, -0.2) is 0 Å². The second kappa shape index (κ2) is 6.56. The average Bonchev–Trinajstić information content (AvgIpc) is 2.47. The number of hydrogen-bond donors (Lipinski definition) is 1. The van der Waals surface area contributed by atoms with Crippen molar-refractivity contribution < 1.29 is 4.80 Å². The smallest absolute Gasteiger partial charge is 0.277 e. The molecule has 0 bridgehead atoms. The van der Waals surface area contributed by atoms with Crippen molar-refractivity contribution in [2.45, 2.75) is 25.7 Å². The molecule has 21 heavy (non-hydrogen) atoms. The van der Waals surface area contributed by atoms with E-state index in [0.29, 0.717) is 0 Å². The van der Waals surface area contributed by atoms with Crippen molar-refractivity contribution >= 4 is 26.8 Å². The molecule has 2 aromatic rings. The van der Waals surface area contributed by atoms with Gasteiger partial charge in [-0.05, 0) is 16.4 Å². The van der Waals surface area contributed by atoms with Crippen LogP contribution in [0.4, 0.5) is 0 Å². The van der Waals surface area contributed by atoms with E-state index in [1.807, 2.05) is 60.7 Å². The zero-order valence-electron chi connectivity index (χ0n) is 13.1. The molecule has 2 rings (SSSR count). The van der Waals surface area contributed by atoms with Gasteiger partial charge in [0.2, 0.25) is 0 Å². The van der Waals surface area contributed by atoms with Crippen LogP contribution < -0.4 is 10.4 Å². The molecule has 0 spiro atoms. The predicted octanol–water partition coefficient (Wildman–Crippen LogP) is 3.17. The zero-order valence-corrected chi connectivity index (χ0v) is 15.1. The number of allylic oxidation sites excluding steroid dienone is 1. The Morgan fingerprint density at radius 1 is 0.810 bits per heavy atom. The highest BCUT2D eigenvalue weighted by molar-refractivity contribution is 7.00. The number of rotatable bonds is 5. The molecule has 0 aromatic heterocycles. The maximum Gasteiger partial charge on any atom is 0.277 e. The summed E-state index contributed by atoms with van der Waals surface area (Å²) in [6.07, 6.45) is 2.21. The summed E-state index contributed by atoms with van der Waals surface area (Å²) < 4.78 is 0. The largest absolute Gasteiger partial charge is 0.421 e. The first kappa shape index (κ1) is 16.0. The van der Waals surface area contributed by atoms with Crippen LogP contribution in [0, 0.1) is 0 Å². The minimum absolute atomic E-state index is 1.04. The Morgan fingerprint density at radius 3 is 1.62 bits per heavy atom. The van der Waals surface area contributed by atoms with Crippen LogP contribution in [0.1, 0.15) is 0 Å². The van der Waals surface area contributed by atoms with E-state index >= 15 is 0 Å². The van der Waals surface area contributed by atoms with Gasteiger partial charge in [-0.15, -0.1) is 0 Å². The molecule has 3 heteroatoms. The molecule has 0 saturated heterocycles. The molecule has 0 amide bonds. The second-order valence-electron chi connectivity index (χ2n) is 6.67. The van der Waals surface area contributed by atoms with Gasteiger partial charge in [0.15, 0.2) is 0 Å². The summed E-state index contributed by atoms with van der Waals surface area (Å²) in [5.74, 6) is 0. The van der Waals surface area contributed by atoms with Crippen LogP contribution in [0.2, 0.25) is 25.7 Å². The van der Waals surface area contributed by atoms with Crippen molar-refractivity contribution in [1.82, 2.24) is 0 Å². The van der Waals surface area contributed by atoms with E-state index in [1.54, 1.807) is 0 Å². The van der Waals surface area contributed by atoms with Gasteiger partial charge >= 0.3 is 0 Å². The minimum atomic E-state index is -2.76. The fourth-order valence-electron chi connectivity index (χ4n) is 2.33. The lowest BCUT2D eigenvalue weighted by Crippen LogP contribution is -2.57. The molecule has 0 aliphatic carbocycles. The maximum absolute atomic E-state index is 11.4.